The zero-order valence-electron chi connectivity index (χ0n) is 11.9. The van der Waals surface area contributed by atoms with Crippen LogP contribution in [0.2, 0.25) is 0 Å². The van der Waals surface area contributed by atoms with Crippen LogP contribution in [0.4, 0.5) is 0 Å². The van der Waals surface area contributed by atoms with Gasteiger partial charge >= 0.3 is 0 Å². The fourth-order valence-corrected chi connectivity index (χ4v) is 5.80. The van der Waals surface area contributed by atoms with Crippen molar-refractivity contribution >= 4 is 22.6 Å². The predicted molar refractivity (Wildman–Crippen MR) is 78.8 cm³/mol. The van der Waals surface area contributed by atoms with Crippen molar-refractivity contribution in [1.82, 2.24) is 5.06 Å². The van der Waals surface area contributed by atoms with Crippen LogP contribution in [-0.2, 0) is 15.6 Å². The summed E-state index contributed by atoms with van der Waals surface area (Å²) in [4.78, 5) is 6.17. The number of hydrogen-bond donors (Lipinski definition) is 0. The summed E-state index contributed by atoms with van der Waals surface area (Å²) in [6, 6.07) is 0. The van der Waals surface area contributed by atoms with Gasteiger partial charge in [-0.05, 0) is 59.1 Å². The van der Waals surface area contributed by atoms with E-state index in [0.717, 1.165) is 30.8 Å². The summed E-state index contributed by atoms with van der Waals surface area (Å²) < 4.78 is 11.9. The van der Waals surface area contributed by atoms with E-state index in [1.54, 1.807) is 11.8 Å². The zero-order valence-corrected chi connectivity index (χ0v) is 13.5. The molecule has 2 aliphatic rings. The van der Waals surface area contributed by atoms with E-state index in [9.17, 15) is 4.21 Å². The molecule has 2 aliphatic heterocycles. The number of nitrogens with zero attached hydrogens (tertiary/aromatic N) is 1. The third-order valence-corrected chi connectivity index (χ3v) is 6.97. The van der Waals surface area contributed by atoms with Gasteiger partial charge in [0.05, 0.1) is 10.8 Å². The SMILES string of the molecule is CC1(C)CCCC(C)(C)N1OC1SCCCS1=O. The van der Waals surface area contributed by atoms with E-state index in [2.05, 4.69) is 32.8 Å². The van der Waals surface area contributed by atoms with Crippen molar-refractivity contribution in [3.8, 4) is 0 Å². The van der Waals surface area contributed by atoms with Crippen LogP contribution in [0.3, 0.4) is 0 Å². The molecule has 0 aromatic carbocycles. The molecule has 0 spiro atoms. The highest BCUT2D eigenvalue weighted by Crippen LogP contribution is 2.40. The van der Waals surface area contributed by atoms with Crippen LogP contribution < -0.4 is 0 Å². The summed E-state index contributed by atoms with van der Waals surface area (Å²) in [6.07, 6.45) is 4.56. The topological polar surface area (TPSA) is 29.5 Å². The van der Waals surface area contributed by atoms with E-state index in [-0.39, 0.29) is 15.8 Å². The van der Waals surface area contributed by atoms with E-state index in [0.29, 0.717) is 0 Å². The molecule has 0 radical (unpaired) electrons. The first kappa shape index (κ1) is 14.8. The lowest BCUT2D eigenvalue weighted by molar-refractivity contribution is -0.275. The Morgan fingerprint density at radius 1 is 1.17 bits per heavy atom. The average Bonchev–Trinajstić information content (AvgIpc) is 2.25. The Labute approximate surface area is 117 Å². The molecule has 2 rings (SSSR count). The molecule has 0 bridgehead atoms. The van der Waals surface area contributed by atoms with Gasteiger partial charge in [0.25, 0.3) is 0 Å². The standard InChI is InChI=1S/C13H25NO2S2/c1-12(2)7-5-8-13(3,4)14(12)16-11-17-9-6-10-18(11)15/h11H,5-10H2,1-4H3. The second kappa shape index (κ2) is 5.43. The first-order valence-electron chi connectivity index (χ1n) is 6.79. The maximum atomic E-state index is 12.0. The van der Waals surface area contributed by atoms with Crippen molar-refractivity contribution in [3.63, 3.8) is 0 Å². The van der Waals surface area contributed by atoms with Crippen LogP contribution in [0.1, 0.15) is 53.4 Å². The summed E-state index contributed by atoms with van der Waals surface area (Å²) in [6.45, 7) is 8.91. The summed E-state index contributed by atoms with van der Waals surface area (Å²) >= 11 is 1.70. The second-order valence-electron chi connectivity index (χ2n) is 6.48. The maximum Gasteiger partial charge on any atom is 0.199 e. The smallest absolute Gasteiger partial charge is 0.199 e. The molecule has 18 heavy (non-hydrogen) atoms. The van der Waals surface area contributed by atoms with Crippen molar-refractivity contribution in [2.24, 2.45) is 0 Å². The Morgan fingerprint density at radius 3 is 2.33 bits per heavy atom. The molecule has 2 unspecified atom stereocenters. The summed E-state index contributed by atoms with van der Waals surface area (Å²) in [5, 5.41) is 2.13. The molecular weight excluding hydrogens is 266 g/mol. The van der Waals surface area contributed by atoms with Crippen LogP contribution in [0.5, 0.6) is 0 Å². The average molecular weight is 291 g/mol. The Balaban J connectivity index is 2.11. The fraction of sp³-hybridized carbons (Fsp3) is 1.00. The van der Waals surface area contributed by atoms with Crippen molar-refractivity contribution in [3.05, 3.63) is 0 Å². The van der Waals surface area contributed by atoms with Gasteiger partial charge in [-0.15, -0.1) is 11.8 Å². The number of thioether (sulfide) groups is 1. The van der Waals surface area contributed by atoms with Gasteiger partial charge in [0.2, 0.25) is 0 Å². The van der Waals surface area contributed by atoms with Gasteiger partial charge in [-0.1, -0.05) is 0 Å². The monoisotopic (exact) mass is 291 g/mol. The van der Waals surface area contributed by atoms with Crippen molar-refractivity contribution < 1.29 is 9.05 Å². The highest BCUT2D eigenvalue weighted by atomic mass is 32.2. The molecule has 0 aromatic rings. The third-order valence-electron chi connectivity index (χ3n) is 3.83. The molecule has 3 nitrogen and oxygen atoms in total. The van der Waals surface area contributed by atoms with E-state index >= 15 is 0 Å². The van der Waals surface area contributed by atoms with Crippen molar-refractivity contribution in [2.75, 3.05) is 11.5 Å². The number of piperidine rings is 1. The van der Waals surface area contributed by atoms with Gasteiger partial charge in [-0.3, -0.25) is 9.05 Å². The van der Waals surface area contributed by atoms with Gasteiger partial charge in [-0.2, -0.15) is 5.06 Å². The summed E-state index contributed by atoms with van der Waals surface area (Å²) in [5.74, 6) is 1.84. The van der Waals surface area contributed by atoms with E-state index in [1.165, 1.54) is 6.42 Å². The number of rotatable bonds is 2. The highest BCUT2D eigenvalue weighted by Gasteiger charge is 2.44. The number of hydrogen-bond acceptors (Lipinski definition) is 4. The van der Waals surface area contributed by atoms with Gasteiger partial charge in [0.1, 0.15) is 0 Å². The van der Waals surface area contributed by atoms with E-state index in [4.69, 9.17) is 4.84 Å². The molecule has 5 heteroatoms. The van der Waals surface area contributed by atoms with Crippen LogP contribution in [0.15, 0.2) is 0 Å². The molecule has 0 aromatic heterocycles. The van der Waals surface area contributed by atoms with Gasteiger partial charge in [0.15, 0.2) is 4.77 Å². The number of hydroxylamine groups is 2. The fourth-order valence-electron chi connectivity index (χ4n) is 2.98. The lowest BCUT2D eigenvalue weighted by atomic mass is 9.82. The second-order valence-corrected chi connectivity index (χ2v) is 9.54. The summed E-state index contributed by atoms with van der Waals surface area (Å²) in [7, 11) is -0.847. The molecular formula is C13H25NO2S2. The van der Waals surface area contributed by atoms with Gasteiger partial charge < -0.3 is 0 Å². The Kier molecular flexibility index (Phi) is 4.47. The Morgan fingerprint density at radius 2 is 1.78 bits per heavy atom. The van der Waals surface area contributed by atoms with Gasteiger partial charge in [-0.25, -0.2) is 0 Å². The van der Waals surface area contributed by atoms with E-state index < -0.39 is 10.8 Å². The van der Waals surface area contributed by atoms with Crippen molar-refractivity contribution in [2.45, 2.75) is 69.2 Å². The molecule has 0 aliphatic carbocycles. The minimum atomic E-state index is -0.847. The highest BCUT2D eigenvalue weighted by molar-refractivity contribution is 8.11. The summed E-state index contributed by atoms with van der Waals surface area (Å²) in [5.41, 5.74) is 0.0634. The molecule has 0 saturated carbocycles. The molecule has 2 saturated heterocycles. The van der Waals surface area contributed by atoms with Crippen LogP contribution in [0, 0.1) is 0 Å². The lowest BCUT2D eigenvalue weighted by Gasteiger charge is -2.52. The largest absolute Gasteiger partial charge is 0.270 e. The minimum absolute atomic E-state index is 0.0317. The van der Waals surface area contributed by atoms with Crippen molar-refractivity contribution in [1.29, 1.82) is 0 Å². The predicted octanol–water partition coefficient (Wildman–Crippen LogP) is 3.13. The first-order valence-corrected chi connectivity index (χ1v) is 9.22. The molecule has 0 amide bonds. The maximum absolute atomic E-state index is 12.0. The van der Waals surface area contributed by atoms with E-state index in [1.807, 2.05) is 0 Å². The van der Waals surface area contributed by atoms with Crippen LogP contribution in [-0.4, -0.2) is 36.6 Å². The third kappa shape index (κ3) is 3.11. The Bertz CT molecular complexity index is 315. The molecule has 2 heterocycles. The molecule has 2 atom stereocenters. The normalized spacial score (nSPS) is 36.4. The van der Waals surface area contributed by atoms with Crippen LogP contribution in [0.25, 0.3) is 0 Å². The van der Waals surface area contributed by atoms with Crippen LogP contribution >= 0.6 is 11.8 Å². The molecule has 106 valence electrons. The Hall–Kier alpha value is 0.420. The zero-order chi connectivity index (χ0) is 13.4. The quantitative estimate of drug-likeness (QED) is 0.782. The first-order chi connectivity index (χ1) is 8.33. The molecule has 2 fully saturated rings. The molecule has 0 N–H and O–H groups in total. The minimum Gasteiger partial charge on any atom is -0.270 e. The van der Waals surface area contributed by atoms with Gasteiger partial charge in [0, 0.05) is 16.8 Å². The lowest BCUT2D eigenvalue weighted by Crippen LogP contribution is -2.59.